The first kappa shape index (κ1) is 10.2. The molecule has 0 unspecified atom stereocenters. The molecule has 0 aliphatic carbocycles. The van der Waals surface area contributed by atoms with Crippen molar-refractivity contribution < 1.29 is 0 Å². The van der Waals surface area contributed by atoms with Crippen molar-refractivity contribution in [2.24, 2.45) is 0 Å². The lowest BCUT2D eigenvalue weighted by molar-refractivity contribution is 0.971. The molecule has 2 heterocycles. The normalized spacial score (nSPS) is 10.3. The highest BCUT2D eigenvalue weighted by molar-refractivity contribution is 6.33. The van der Waals surface area contributed by atoms with Crippen LogP contribution in [0.1, 0.15) is 5.69 Å². The van der Waals surface area contributed by atoms with E-state index in [1.54, 1.807) is 6.20 Å². The number of anilines is 1. The lowest BCUT2D eigenvalue weighted by Gasteiger charge is -2.05. The molecule has 7 heteroatoms. The summed E-state index contributed by atoms with van der Waals surface area (Å²) in [6, 6.07) is 1.85. The van der Waals surface area contributed by atoms with E-state index in [4.69, 9.17) is 23.2 Å². The van der Waals surface area contributed by atoms with Gasteiger partial charge in [-0.25, -0.2) is 4.98 Å². The fourth-order valence-corrected chi connectivity index (χ4v) is 1.32. The van der Waals surface area contributed by atoms with Crippen molar-refractivity contribution in [3.63, 3.8) is 0 Å². The highest BCUT2D eigenvalue weighted by Crippen LogP contribution is 2.19. The fourth-order valence-electron chi connectivity index (χ4n) is 1.03. The zero-order chi connectivity index (χ0) is 10.7. The maximum atomic E-state index is 5.86. The highest BCUT2D eigenvalue weighted by atomic mass is 35.5. The van der Waals surface area contributed by atoms with Crippen molar-refractivity contribution in [1.29, 1.82) is 0 Å². The lowest BCUT2D eigenvalue weighted by Crippen LogP contribution is -2.03. The molecule has 5 nitrogen and oxygen atoms in total. The van der Waals surface area contributed by atoms with Crippen molar-refractivity contribution in [1.82, 2.24) is 20.2 Å². The molecule has 0 spiro atoms. The Morgan fingerprint density at radius 2 is 2.27 bits per heavy atom. The monoisotopic (exact) mass is 243 g/mol. The van der Waals surface area contributed by atoms with Gasteiger partial charge in [-0.2, -0.15) is 10.1 Å². The van der Waals surface area contributed by atoms with E-state index in [0.717, 1.165) is 5.69 Å². The molecule has 2 N–H and O–H groups in total. The number of aromatic nitrogens is 4. The second-order valence-corrected chi connectivity index (χ2v) is 3.52. The summed E-state index contributed by atoms with van der Waals surface area (Å²) >= 11 is 11.5. The van der Waals surface area contributed by atoms with Gasteiger partial charge in [0.15, 0.2) is 0 Å². The Morgan fingerprint density at radius 3 is 3.00 bits per heavy atom. The predicted molar refractivity (Wildman–Crippen MR) is 58.0 cm³/mol. The molecule has 2 aromatic heterocycles. The Balaban J connectivity index is 2.07. The minimum Gasteiger partial charge on any atom is -0.363 e. The molecule has 0 amide bonds. The zero-order valence-corrected chi connectivity index (χ0v) is 9.05. The molecule has 78 valence electrons. The van der Waals surface area contributed by atoms with Crippen LogP contribution in [0.5, 0.6) is 0 Å². The summed E-state index contributed by atoms with van der Waals surface area (Å²) in [5.74, 6) is 0.506. The number of nitrogens with zero attached hydrogens (tertiary/aromatic N) is 3. The van der Waals surface area contributed by atoms with Crippen molar-refractivity contribution in [2.45, 2.75) is 6.54 Å². The second kappa shape index (κ2) is 4.46. The van der Waals surface area contributed by atoms with E-state index < -0.39 is 0 Å². The van der Waals surface area contributed by atoms with E-state index in [2.05, 4.69) is 25.5 Å². The molecule has 0 bridgehead atoms. The summed E-state index contributed by atoms with van der Waals surface area (Å²) < 4.78 is 0. The summed E-state index contributed by atoms with van der Waals surface area (Å²) in [5, 5.41) is 10.2. The van der Waals surface area contributed by atoms with Gasteiger partial charge in [-0.1, -0.05) is 11.6 Å². The molecule has 0 saturated carbocycles. The van der Waals surface area contributed by atoms with Crippen LogP contribution < -0.4 is 5.32 Å². The SMILES string of the molecule is Clc1ncc(Cl)c(NCc2ccn[nH]2)n1. The molecular weight excluding hydrogens is 237 g/mol. The van der Waals surface area contributed by atoms with Gasteiger partial charge in [-0.05, 0) is 17.7 Å². The average molecular weight is 244 g/mol. The third kappa shape index (κ3) is 2.57. The Bertz CT molecular complexity index is 442. The fraction of sp³-hybridized carbons (Fsp3) is 0.125. The maximum Gasteiger partial charge on any atom is 0.224 e. The molecule has 0 radical (unpaired) electrons. The quantitative estimate of drug-likeness (QED) is 0.811. The number of aromatic amines is 1. The Hall–Kier alpha value is -1.33. The largest absolute Gasteiger partial charge is 0.363 e. The second-order valence-electron chi connectivity index (χ2n) is 2.77. The van der Waals surface area contributed by atoms with Crippen LogP contribution in [0.15, 0.2) is 18.5 Å². The van der Waals surface area contributed by atoms with Crippen molar-refractivity contribution in [3.8, 4) is 0 Å². The van der Waals surface area contributed by atoms with E-state index in [9.17, 15) is 0 Å². The number of H-pyrrole nitrogens is 1. The third-order valence-electron chi connectivity index (χ3n) is 1.72. The van der Waals surface area contributed by atoms with Crippen LogP contribution >= 0.6 is 23.2 Å². The smallest absolute Gasteiger partial charge is 0.224 e. The van der Waals surface area contributed by atoms with E-state index in [1.165, 1.54) is 6.20 Å². The van der Waals surface area contributed by atoms with E-state index >= 15 is 0 Å². The summed E-state index contributed by atoms with van der Waals surface area (Å²) in [5.41, 5.74) is 0.931. The standard InChI is InChI=1S/C8H7Cl2N5/c9-6-4-12-8(10)14-7(6)11-3-5-1-2-13-15-5/h1-2,4H,3H2,(H,13,15)(H,11,12,14). The zero-order valence-electron chi connectivity index (χ0n) is 7.54. The molecule has 0 fully saturated rings. The third-order valence-corrected chi connectivity index (χ3v) is 2.18. The van der Waals surface area contributed by atoms with Gasteiger partial charge in [0, 0.05) is 6.20 Å². The minimum absolute atomic E-state index is 0.159. The number of rotatable bonds is 3. The maximum absolute atomic E-state index is 5.86. The number of hydrogen-bond acceptors (Lipinski definition) is 4. The Morgan fingerprint density at radius 1 is 1.40 bits per heavy atom. The van der Waals surface area contributed by atoms with Crippen molar-refractivity contribution in [3.05, 3.63) is 34.5 Å². The van der Waals surface area contributed by atoms with Gasteiger partial charge in [0.2, 0.25) is 5.28 Å². The van der Waals surface area contributed by atoms with Crippen LogP contribution in [-0.4, -0.2) is 20.2 Å². The van der Waals surface area contributed by atoms with Crippen LogP contribution in [0.3, 0.4) is 0 Å². The molecule has 0 aromatic carbocycles. The van der Waals surface area contributed by atoms with Gasteiger partial charge < -0.3 is 5.32 Å². The van der Waals surface area contributed by atoms with Gasteiger partial charge in [-0.15, -0.1) is 0 Å². The number of hydrogen-bond donors (Lipinski definition) is 2. The first-order valence-corrected chi connectivity index (χ1v) is 4.91. The molecule has 0 saturated heterocycles. The summed E-state index contributed by atoms with van der Waals surface area (Å²) in [4.78, 5) is 7.70. The van der Waals surface area contributed by atoms with Crippen molar-refractivity contribution in [2.75, 3.05) is 5.32 Å². The molecule has 2 aromatic rings. The Labute approximate surface area is 95.8 Å². The first-order chi connectivity index (χ1) is 7.25. The molecule has 2 rings (SSSR count). The topological polar surface area (TPSA) is 66.5 Å². The molecule has 0 aliphatic rings. The molecule has 15 heavy (non-hydrogen) atoms. The minimum atomic E-state index is 0.159. The number of halogens is 2. The van der Waals surface area contributed by atoms with E-state index in [0.29, 0.717) is 17.4 Å². The first-order valence-electron chi connectivity index (χ1n) is 4.16. The number of nitrogens with one attached hydrogen (secondary N) is 2. The average Bonchev–Trinajstić information content (AvgIpc) is 2.72. The van der Waals surface area contributed by atoms with Gasteiger partial charge in [0.25, 0.3) is 0 Å². The van der Waals surface area contributed by atoms with Gasteiger partial charge in [-0.3, -0.25) is 5.10 Å². The molecule has 0 atom stereocenters. The van der Waals surface area contributed by atoms with Gasteiger partial charge in [0.05, 0.1) is 18.4 Å². The summed E-state index contributed by atoms with van der Waals surface area (Å²) in [6.45, 7) is 0.549. The van der Waals surface area contributed by atoms with Crippen LogP contribution in [0, 0.1) is 0 Å². The highest BCUT2D eigenvalue weighted by Gasteiger charge is 2.03. The van der Waals surface area contributed by atoms with E-state index in [-0.39, 0.29) is 5.28 Å². The molecule has 0 aliphatic heterocycles. The van der Waals surface area contributed by atoms with Crippen LogP contribution in [0.4, 0.5) is 5.82 Å². The van der Waals surface area contributed by atoms with Crippen LogP contribution in [0.25, 0.3) is 0 Å². The van der Waals surface area contributed by atoms with Gasteiger partial charge in [0.1, 0.15) is 10.8 Å². The van der Waals surface area contributed by atoms with Crippen LogP contribution in [0.2, 0.25) is 10.3 Å². The van der Waals surface area contributed by atoms with Crippen molar-refractivity contribution >= 4 is 29.0 Å². The summed E-state index contributed by atoms with van der Waals surface area (Å²) in [7, 11) is 0. The molecular formula is C8H7Cl2N5. The predicted octanol–water partition coefficient (Wildman–Crippen LogP) is 2.12. The van der Waals surface area contributed by atoms with E-state index in [1.807, 2.05) is 6.07 Å². The Kier molecular flexibility index (Phi) is 3.03. The van der Waals surface area contributed by atoms with Gasteiger partial charge >= 0.3 is 0 Å². The lowest BCUT2D eigenvalue weighted by atomic mass is 10.4. The summed E-state index contributed by atoms with van der Waals surface area (Å²) in [6.07, 6.45) is 3.12. The van der Waals surface area contributed by atoms with Crippen LogP contribution in [-0.2, 0) is 6.54 Å².